The van der Waals surface area contributed by atoms with Gasteiger partial charge in [-0.2, -0.15) is 0 Å². The van der Waals surface area contributed by atoms with Crippen LogP contribution in [0.5, 0.6) is 11.5 Å². The van der Waals surface area contributed by atoms with Gasteiger partial charge in [0, 0.05) is 45.3 Å². The van der Waals surface area contributed by atoms with Crippen LogP contribution in [-0.2, 0) is 16.2 Å². The summed E-state index contributed by atoms with van der Waals surface area (Å²) in [6.45, 7) is 20.2. The first-order valence-corrected chi connectivity index (χ1v) is 24.6. The van der Waals surface area contributed by atoms with E-state index in [4.69, 9.17) is 12.5 Å². The third-order valence-corrected chi connectivity index (χ3v) is 14.2. The quantitative estimate of drug-likeness (QED) is 0.164. The Morgan fingerprint density at radius 3 is 1.85 bits per heavy atom. The number of para-hydroxylation sites is 3. The van der Waals surface area contributed by atoms with Crippen LogP contribution in [0.4, 0.5) is 22.7 Å². The van der Waals surface area contributed by atoms with Gasteiger partial charge in [-0.25, -0.2) is 4.98 Å². The Bertz CT molecular complexity index is 4090. The molecule has 5 nitrogen and oxygen atoms in total. The zero-order chi connectivity index (χ0) is 54.2. The molecule has 350 valence electrons. The average molecular weight is 931 g/mol. The highest BCUT2D eigenvalue weighted by atomic mass is 16.5. The molecule has 0 saturated heterocycles. The second-order valence-electron chi connectivity index (χ2n) is 22.1. The Morgan fingerprint density at radius 2 is 1.08 bits per heavy atom. The number of benzene rings is 8. The molecule has 0 radical (unpaired) electrons. The number of hydrogen-bond donors (Lipinski definition) is 0. The van der Waals surface area contributed by atoms with Crippen molar-refractivity contribution in [2.45, 2.75) is 78.6 Å². The minimum Gasteiger partial charge on any atom is -0.457 e. The average Bonchev–Trinajstić information content (AvgIpc) is 4.15. The van der Waals surface area contributed by atoms with E-state index in [1.54, 1.807) is 10.6 Å². The van der Waals surface area contributed by atoms with E-state index in [0.29, 0.717) is 29.4 Å². The number of fused-ring (bicyclic) bond motifs is 23. The molecule has 71 heavy (non-hydrogen) atoms. The number of nitrogens with zero attached hydrogens (tertiary/aromatic N) is 4. The third kappa shape index (κ3) is 7.76. The summed E-state index contributed by atoms with van der Waals surface area (Å²) in [6.07, 6.45) is 0. The van der Waals surface area contributed by atoms with Gasteiger partial charge in [-0.3, -0.25) is 4.57 Å². The first kappa shape index (κ1) is 37.9. The second-order valence-corrected chi connectivity index (χ2v) is 22.1. The predicted octanol–water partition coefficient (Wildman–Crippen LogP) is 18.1. The van der Waals surface area contributed by atoms with Crippen molar-refractivity contribution in [2.24, 2.45) is 0 Å². The van der Waals surface area contributed by atoms with Gasteiger partial charge in [0.1, 0.15) is 24.0 Å². The van der Waals surface area contributed by atoms with E-state index < -0.39 is 17.5 Å². The van der Waals surface area contributed by atoms with Crippen molar-refractivity contribution in [1.29, 1.82) is 0 Å². The van der Waals surface area contributed by atoms with Crippen molar-refractivity contribution in [1.82, 2.24) is 9.55 Å². The summed E-state index contributed by atoms with van der Waals surface area (Å²) in [7, 11) is 0. The van der Waals surface area contributed by atoms with Crippen LogP contribution < -0.4 is 14.5 Å². The maximum atomic E-state index is 9.74. The molecule has 0 aliphatic carbocycles. The molecule has 0 saturated carbocycles. The van der Waals surface area contributed by atoms with Crippen LogP contribution in [0.15, 0.2) is 188 Å². The molecule has 0 unspecified atom stereocenters. The highest BCUT2D eigenvalue weighted by molar-refractivity contribution is 6.09. The van der Waals surface area contributed by atoms with E-state index in [-0.39, 0.29) is 57.0 Å². The minimum absolute atomic E-state index is 0.0990. The maximum Gasteiger partial charge on any atom is 0.138 e. The molecule has 2 aliphatic rings. The van der Waals surface area contributed by atoms with E-state index in [1.165, 1.54) is 5.56 Å². The van der Waals surface area contributed by atoms with E-state index >= 15 is 0 Å². The molecule has 0 fully saturated rings. The lowest BCUT2D eigenvalue weighted by Crippen LogP contribution is -2.26. The number of hydrogen-bond acceptors (Lipinski definition) is 4. The molecule has 10 aromatic rings. The van der Waals surface area contributed by atoms with E-state index in [2.05, 4.69) is 200 Å². The number of aromatic nitrogens is 2. The fourth-order valence-electron chi connectivity index (χ4n) is 10.3. The normalized spacial score (nSPS) is 14.6. The van der Waals surface area contributed by atoms with Crippen LogP contribution in [0, 0.1) is 0 Å². The monoisotopic (exact) mass is 931 g/mol. The molecule has 2 aliphatic heterocycles. The standard InChI is InChI=1S/C66H60N4O/c1-64(2,3)45-33-48-39-50(34-45)71-49-30-31-54-53-26-15-16-27-58(53)70(61(54)40-49)62-38-47(66(7,8)9)37-57(67-62)44-23-19-22-43(32-44)51-24-13-14-25-52(51)56-36-46(65(4,5)6)35-55(42-20-11-10-12-21-42)63(56)69-41-68(48)59-28-17-18-29-60(59)69/h10-40H,41H2,1-9H3/i15D,16D,26D,27D,30D,31D. The molecule has 5 heteroatoms. The third-order valence-electron chi connectivity index (χ3n) is 14.2. The van der Waals surface area contributed by atoms with Crippen molar-refractivity contribution in [3.63, 3.8) is 0 Å². The number of anilines is 4. The maximum absolute atomic E-state index is 9.74. The molecular formula is C66H60N4O. The van der Waals surface area contributed by atoms with Gasteiger partial charge >= 0.3 is 0 Å². The fourth-order valence-corrected chi connectivity index (χ4v) is 10.3. The number of rotatable bonds is 1. The van der Waals surface area contributed by atoms with E-state index in [0.717, 1.165) is 72.8 Å². The summed E-state index contributed by atoms with van der Waals surface area (Å²) in [4.78, 5) is 10.2. The largest absolute Gasteiger partial charge is 0.457 e. The molecule has 10 bridgehead atoms. The van der Waals surface area contributed by atoms with Crippen LogP contribution in [0.2, 0.25) is 0 Å². The fraction of sp³-hybridized carbons (Fsp3) is 0.197. The van der Waals surface area contributed by atoms with Crippen molar-refractivity contribution in [3.8, 4) is 62.0 Å². The van der Waals surface area contributed by atoms with Gasteiger partial charge in [0.05, 0.1) is 42.0 Å². The summed E-state index contributed by atoms with van der Waals surface area (Å²) in [5, 5.41) is 0.362. The van der Waals surface area contributed by atoms with Crippen LogP contribution in [0.1, 0.15) is 87.2 Å². The Labute approximate surface area is 427 Å². The molecule has 8 aromatic carbocycles. The highest BCUT2D eigenvalue weighted by Gasteiger charge is 2.34. The van der Waals surface area contributed by atoms with Gasteiger partial charge < -0.3 is 14.5 Å². The van der Waals surface area contributed by atoms with Gasteiger partial charge in [-0.1, -0.05) is 165 Å². The number of pyridine rings is 1. The predicted molar refractivity (Wildman–Crippen MR) is 299 cm³/mol. The van der Waals surface area contributed by atoms with E-state index in [9.17, 15) is 5.48 Å². The Morgan fingerprint density at radius 1 is 0.465 bits per heavy atom. The van der Waals surface area contributed by atoms with Crippen molar-refractivity contribution in [3.05, 3.63) is 205 Å². The Hall–Kier alpha value is -7.89. The minimum atomic E-state index is -0.419. The van der Waals surface area contributed by atoms with E-state index in [1.807, 2.05) is 18.2 Å². The molecule has 4 heterocycles. The zero-order valence-corrected chi connectivity index (χ0v) is 41.8. The molecule has 0 amide bonds. The van der Waals surface area contributed by atoms with Gasteiger partial charge in [0.15, 0.2) is 0 Å². The second kappa shape index (κ2) is 16.3. The van der Waals surface area contributed by atoms with Gasteiger partial charge in [0.25, 0.3) is 0 Å². The first-order valence-electron chi connectivity index (χ1n) is 27.6. The lowest BCUT2D eigenvalue weighted by molar-refractivity contribution is 0.479. The van der Waals surface area contributed by atoms with Crippen molar-refractivity contribution < 1.29 is 13.0 Å². The zero-order valence-electron chi connectivity index (χ0n) is 47.8. The van der Waals surface area contributed by atoms with Gasteiger partial charge in [-0.05, 0) is 128 Å². The smallest absolute Gasteiger partial charge is 0.138 e. The Kier molecular flexibility index (Phi) is 8.74. The summed E-state index contributed by atoms with van der Waals surface area (Å²) in [5.74, 6) is 0.974. The van der Waals surface area contributed by atoms with Crippen LogP contribution in [-0.4, -0.2) is 16.2 Å². The molecule has 0 atom stereocenters. The summed E-state index contributed by atoms with van der Waals surface area (Å²) < 4.78 is 64.6. The molecule has 0 spiro atoms. The summed E-state index contributed by atoms with van der Waals surface area (Å²) >= 11 is 0. The number of ether oxygens (including phenoxy) is 1. The first-order chi connectivity index (χ1) is 36.6. The van der Waals surface area contributed by atoms with Gasteiger partial charge in [-0.15, -0.1) is 0 Å². The molecule has 0 N–H and O–H groups in total. The Balaban J connectivity index is 1.24. The molecule has 12 rings (SSSR count). The topological polar surface area (TPSA) is 33.5 Å². The molecule has 2 aromatic heterocycles. The van der Waals surface area contributed by atoms with Gasteiger partial charge in [0.2, 0.25) is 0 Å². The van der Waals surface area contributed by atoms with Crippen LogP contribution >= 0.6 is 0 Å². The summed E-state index contributed by atoms with van der Waals surface area (Å²) in [5.41, 5.74) is 14.7. The summed E-state index contributed by atoms with van der Waals surface area (Å²) in [6, 6.07) is 51.4. The van der Waals surface area contributed by atoms with Crippen molar-refractivity contribution in [2.75, 3.05) is 16.5 Å². The molecular weight excluding hydrogens is 865 g/mol. The van der Waals surface area contributed by atoms with Crippen LogP contribution in [0.3, 0.4) is 0 Å². The van der Waals surface area contributed by atoms with Crippen molar-refractivity contribution >= 4 is 44.6 Å². The lowest BCUT2D eigenvalue weighted by Gasteiger charge is -2.31. The SMILES string of the molecule is [2H]c1c2cc3c(c1[2H])c1c([2H])c([2H])c([2H])c([2H])c1n3-c1cc(C(C)(C)C)cc(n1)-c1cccc(c1)-c1ccccc1-c1cc(C(C)(C)C)cc(-c3ccccc3)c1N1CN(c3cc(cc(C(C)(C)C)c3)O2)c2ccccc21. The van der Waals surface area contributed by atoms with Crippen LogP contribution in [0.25, 0.3) is 72.3 Å². The highest BCUT2D eigenvalue weighted by Crippen LogP contribution is 2.53. The lowest BCUT2D eigenvalue weighted by atomic mass is 9.81.